The van der Waals surface area contributed by atoms with E-state index in [2.05, 4.69) is 12.6 Å². The average Bonchev–Trinajstić information content (AvgIpc) is 2.87. The van der Waals surface area contributed by atoms with Gasteiger partial charge in [0.05, 0.1) is 0 Å². The molecule has 126 valence electrons. The van der Waals surface area contributed by atoms with Crippen LogP contribution in [-0.2, 0) is 11.2 Å². The predicted molar refractivity (Wildman–Crippen MR) is 96.8 cm³/mol. The Morgan fingerprint density at radius 2 is 1.96 bits per heavy atom. The molecule has 5 heteroatoms. The maximum Gasteiger partial charge on any atom is 0.327 e. The highest BCUT2D eigenvalue weighted by Gasteiger charge is 2.37. The van der Waals surface area contributed by atoms with Gasteiger partial charge < -0.3 is 9.67 Å². The molecule has 1 aliphatic rings. The summed E-state index contributed by atoms with van der Waals surface area (Å²) in [4.78, 5) is 24.4. The summed E-state index contributed by atoms with van der Waals surface area (Å²) in [6.45, 7) is 4.09. The molecule has 0 spiro atoms. The number of hydrogen-bond donors (Lipinski definition) is 2. The van der Waals surface area contributed by atoms with Gasteiger partial charge in [-0.05, 0) is 23.5 Å². The minimum atomic E-state index is -0.934. The van der Waals surface area contributed by atoms with Gasteiger partial charge in [-0.3, -0.25) is 4.79 Å². The quantitative estimate of drug-likeness (QED) is 0.829. The minimum absolute atomic E-state index is 0.0838. The first-order valence-corrected chi connectivity index (χ1v) is 8.64. The van der Waals surface area contributed by atoms with E-state index in [4.69, 9.17) is 0 Å². The molecule has 3 rings (SSSR count). The Morgan fingerprint density at radius 3 is 2.54 bits per heavy atom. The molecule has 1 aliphatic carbocycles. The Morgan fingerprint density at radius 1 is 1.29 bits per heavy atom. The third-order valence-corrected chi connectivity index (χ3v) is 4.91. The van der Waals surface area contributed by atoms with Crippen LogP contribution in [0, 0.1) is 5.41 Å². The molecule has 24 heavy (non-hydrogen) atoms. The van der Waals surface area contributed by atoms with Gasteiger partial charge >= 0.3 is 5.97 Å². The molecule has 1 unspecified atom stereocenters. The standard InChI is InChI=1S/C19H21NO3S/c1-19(2)9-15-13(17(21)10-19)8-14(12-6-4-3-5-7-12)20(15)16(11-24)18(22)23/h3-8,16,24H,9-11H2,1-2H3,(H,22,23). The van der Waals surface area contributed by atoms with E-state index in [1.807, 2.05) is 50.2 Å². The maximum absolute atomic E-state index is 12.6. The van der Waals surface area contributed by atoms with Crippen molar-refractivity contribution in [1.29, 1.82) is 0 Å². The number of thiol groups is 1. The van der Waals surface area contributed by atoms with Gasteiger partial charge in [0, 0.05) is 29.1 Å². The number of aliphatic carboxylic acids is 1. The lowest BCUT2D eigenvalue weighted by Gasteiger charge is -2.31. The maximum atomic E-state index is 12.6. The lowest BCUT2D eigenvalue weighted by Crippen LogP contribution is -2.31. The average molecular weight is 343 g/mol. The number of hydrogen-bond acceptors (Lipinski definition) is 3. The van der Waals surface area contributed by atoms with Crippen LogP contribution >= 0.6 is 12.6 Å². The summed E-state index contributed by atoms with van der Waals surface area (Å²) < 4.78 is 1.80. The summed E-state index contributed by atoms with van der Waals surface area (Å²) in [5.74, 6) is -0.679. The number of fused-ring (bicyclic) bond motifs is 1. The smallest absolute Gasteiger partial charge is 0.327 e. The van der Waals surface area contributed by atoms with Gasteiger partial charge in [-0.25, -0.2) is 4.79 Å². The molecule has 0 amide bonds. The number of carbonyl (C=O) groups excluding carboxylic acids is 1. The topological polar surface area (TPSA) is 59.3 Å². The molecule has 1 heterocycles. The number of Topliss-reactive ketones (excluding diaryl/α,β-unsaturated/α-hetero) is 1. The van der Waals surface area contributed by atoms with Crippen LogP contribution in [0.4, 0.5) is 0 Å². The molecular formula is C19H21NO3S. The number of carbonyl (C=O) groups is 2. The van der Waals surface area contributed by atoms with Gasteiger partial charge in [0.25, 0.3) is 0 Å². The molecule has 2 aromatic rings. The van der Waals surface area contributed by atoms with E-state index in [0.717, 1.165) is 17.0 Å². The molecule has 1 aromatic heterocycles. The Balaban J connectivity index is 2.27. The van der Waals surface area contributed by atoms with Crippen molar-refractivity contribution in [2.45, 2.75) is 32.7 Å². The van der Waals surface area contributed by atoms with Crippen LogP contribution in [0.25, 0.3) is 11.3 Å². The molecule has 0 radical (unpaired) electrons. The summed E-state index contributed by atoms with van der Waals surface area (Å²) in [7, 11) is 0. The van der Waals surface area contributed by atoms with Crippen molar-refractivity contribution in [1.82, 2.24) is 4.57 Å². The van der Waals surface area contributed by atoms with E-state index >= 15 is 0 Å². The lowest BCUT2D eigenvalue weighted by molar-refractivity contribution is -0.140. The predicted octanol–water partition coefficient (Wildman–Crippen LogP) is 3.87. The van der Waals surface area contributed by atoms with E-state index < -0.39 is 12.0 Å². The SMILES string of the molecule is CC1(C)CC(=O)c2cc(-c3ccccc3)n(C(CS)C(=O)O)c2C1. The highest BCUT2D eigenvalue weighted by molar-refractivity contribution is 7.80. The van der Waals surface area contributed by atoms with Crippen molar-refractivity contribution in [3.8, 4) is 11.3 Å². The summed E-state index contributed by atoms with van der Waals surface area (Å²) in [6, 6.07) is 10.7. The highest BCUT2D eigenvalue weighted by atomic mass is 32.1. The fourth-order valence-corrected chi connectivity index (χ4v) is 3.81. The molecule has 1 N–H and O–H groups in total. The molecule has 0 fully saturated rings. The van der Waals surface area contributed by atoms with Crippen LogP contribution in [-0.4, -0.2) is 27.2 Å². The van der Waals surface area contributed by atoms with Gasteiger partial charge in [0.2, 0.25) is 0 Å². The molecule has 4 nitrogen and oxygen atoms in total. The number of rotatable bonds is 4. The second-order valence-electron chi connectivity index (χ2n) is 7.10. The van der Waals surface area contributed by atoms with E-state index in [1.54, 1.807) is 4.57 Å². The molecule has 0 saturated carbocycles. The van der Waals surface area contributed by atoms with E-state index in [9.17, 15) is 14.7 Å². The number of aromatic nitrogens is 1. The highest BCUT2D eigenvalue weighted by Crippen LogP contribution is 2.40. The van der Waals surface area contributed by atoms with Gasteiger partial charge in [0.15, 0.2) is 5.78 Å². The number of ketones is 1. The zero-order chi connectivity index (χ0) is 17.5. The van der Waals surface area contributed by atoms with Crippen molar-refractivity contribution in [3.63, 3.8) is 0 Å². The van der Waals surface area contributed by atoms with E-state index in [1.165, 1.54) is 0 Å². The Kier molecular flexibility index (Phi) is 4.30. The summed E-state index contributed by atoms with van der Waals surface area (Å²) in [5.41, 5.74) is 2.98. The first-order valence-electron chi connectivity index (χ1n) is 8.00. The van der Waals surface area contributed by atoms with Gasteiger partial charge in [-0.2, -0.15) is 12.6 Å². The van der Waals surface area contributed by atoms with E-state index in [0.29, 0.717) is 18.4 Å². The van der Waals surface area contributed by atoms with Crippen molar-refractivity contribution < 1.29 is 14.7 Å². The van der Waals surface area contributed by atoms with Crippen LogP contribution in [0.3, 0.4) is 0 Å². The Bertz CT molecular complexity index is 792. The monoisotopic (exact) mass is 343 g/mol. The van der Waals surface area contributed by atoms with Crippen LogP contribution in [0.15, 0.2) is 36.4 Å². The molecule has 0 saturated heterocycles. The van der Waals surface area contributed by atoms with Gasteiger partial charge in [-0.15, -0.1) is 0 Å². The summed E-state index contributed by atoms with van der Waals surface area (Å²) in [5, 5.41) is 9.66. The number of carboxylic acids is 1. The van der Waals surface area contributed by atoms with Crippen molar-refractivity contribution in [2.24, 2.45) is 5.41 Å². The third-order valence-electron chi connectivity index (χ3n) is 4.57. The first-order chi connectivity index (χ1) is 11.3. The Labute approximate surface area is 146 Å². The normalized spacial score (nSPS) is 17.4. The zero-order valence-electron chi connectivity index (χ0n) is 13.8. The summed E-state index contributed by atoms with van der Waals surface area (Å²) in [6.07, 6.45) is 1.16. The molecule has 0 aliphatic heterocycles. The van der Waals surface area contributed by atoms with Gasteiger partial charge in [0.1, 0.15) is 6.04 Å². The minimum Gasteiger partial charge on any atom is -0.480 e. The number of benzene rings is 1. The van der Waals surface area contributed by atoms with Gasteiger partial charge in [-0.1, -0.05) is 44.2 Å². The second-order valence-corrected chi connectivity index (χ2v) is 7.47. The molecular weight excluding hydrogens is 322 g/mol. The number of carboxylic acid groups (broad SMARTS) is 1. The number of nitrogens with zero attached hydrogens (tertiary/aromatic N) is 1. The van der Waals surface area contributed by atoms with Crippen LogP contribution < -0.4 is 0 Å². The van der Waals surface area contributed by atoms with Crippen molar-refractivity contribution >= 4 is 24.4 Å². The molecule has 0 bridgehead atoms. The zero-order valence-corrected chi connectivity index (χ0v) is 14.7. The van der Waals surface area contributed by atoms with E-state index in [-0.39, 0.29) is 17.0 Å². The lowest BCUT2D eigenvalue weighted by atomic mass is 9.76. The van der Waals surface area contributed by atoms with Crippen LogP contribution in [0.1, 0.15) is 42.4 Å². The van der Waals surface area contributed by atoms with Crippen LogP contribution in [0.2, 0.25) is 0 Å². The fraction of sp³-hybridized carbons (Fsp3) is 0.368. The summed E-state index contributed by atoms with van der Waals surface area (Å²) >= 11 is 4.25. The van der Waals surface area contributed by atoms with Crippen molar-refractivity contribution in [2.75, 3.05) is 5.75 Å². The first kappa shape index (κ1) is 16.8. The second kappa shape index (κ2) is 6.13. The fourth-order valence-electron chi connectivity index (χ4n) is 3.49. The van der Waals surface area contributed by atoms with Crippen molar-refractivity contribution in [3.05, 3.63) is 47.7 Å². The third kappa shape index (κ3) is 2.88. The largest absolute Gasteiger partial charge is 0.480 e. The Hall–Kier alpha value is -2.01. The molecule has 1 aromatic carbocycles. The molecule has 1 atom stereocenters. The van der Waals surface area contributed by atoms with Crippen LogP contribution in [0.5, 0.6) is 0 Å².